The first kappa shape index (κ1) is 22.7. The molecule has 0 saturated carbocycles. The summed E-state index contributed by atoms with van der Waals surface area (Å²) in [7, 11) is 0. The van der Waals surface area contributed by atoms with Crippen molar-refractivity contribution in [2.45, 2.75) is 50.6 Å². The molecule has 2 aromatic carbocycles. The Morgan fingerprint density at radius 1 is 1.17 bits per heavy atom. The molecule has 0 radical (unpaired) electrons. The number of aromatic nitrogens is 3. The van der Waals surface area contributed by atoms with E-state index >= 15 is 0 Å². The Kier molecular flexibility index (Phi) is 8.19. The predicted molar refractivity (Wildman–Crippen MR) is 123 cm³/mol. The van der Waals surface area contributed by atoms with Gasteiger partial charge < -0.3 is 5.32 Å². The molecule has 158 valence electrons. The molecule has 0 spiro atoms. The number of aryl methyl sites for hydroxylation is 1. The molecule has 3 aromatic rings. The Morgan fingerprint density at radius 3 is 2.77 bits per heavy atom. The van der Waals surface area contributed by atoms with Crippen molar-refractivity contribution < 1.29 is 4.79 Å². The molecule has 1 amide bonds. The number of hydrogen-bond acceptors (Lipinski definition) is 4. The van der Waals surface area contributed by atoms with Crippen LogP contribution in [0.3, 0.4) is 0 Å². The highest BCUT2D eigenvalue weighted by Crippen LogP contribution is 2.31. The van der Waals surface area contributed by atoms with E-state index in [-0.39, 0.29) is 12.5 Å². The lowest BCUT2D eigenvalue weighted by Gasteiger charge is -2.13. The summed E-state index contributed by atoms with van der Waals surface area (Å²) >= 11 is 14.3. The van der Waals surface area contributed by atoms with Gasteiger partial charge in [-0.05, 0) is 37.1 Å². The zero-order valence-corrected chi connectivity index (χ0v) is 19.3. The Balaban J connectivity index is 1.87. The maximum absolute atomic E-state index is 12.1. The molecule has 30 heavy (non-hydrogen) atoms. The first-order chi connectivity index (χ1) is 14.5. The zero-order chi connectivity index (χ0) is 21.5. The van der Waals surface area contributed by atoms with Gasteiger partial charge in [-0.1, -0.05) is 78.1 Å². The predicted octanol–water partition coefficient (Wildman–Crippen LogP) is 5.98. The number of nitrogens with one attached hydrogen (secondary N) is 1. The third-order valence-electron chi connectivity index (χ3n) is 4.50. The average Bonchev–Trinajstić information content (AvgIpc) is 3.13. The largest absolute Gasteiger partial charge is 0.349 e. The van der Waals surface area contributed by atoms with Crippen LogP contribution in [0.25, 0.3) is 5.69 Å². The van der Waals surface area contributed by atoms with Gasteiger partial charge in [0.05, 0.1) is 17.3 Å². The van der Waals surface area contributed by atoms with Gasteiger partial charge in [0.15, 0.2) is 11.0 Å². The minimum absolute atomic E-state index is 0.00226. The van der Waals surface area contributed by atoms with Gasteiger partial charge in [-0.25, -0.2) is 0 Å². The Morgan fingerprint density at radius 2 is 2.00 bits per heavy atom. The van der Waals surface area contributed by atoms with E-state index in [1.807, 2.05) is 10.6 Å². The number of thioether (sulfide) groups is 1. The van der Waals surface area contributed by atoms with Gasteiger partial charge in [0.25, 0.3) is 0 Å². The summed E-state index contributed by atoms with van der Waals surface area (Å²) in [6.07, 6.45) is 2.33. The second-order valence-corrected chi connectivity index (χ2v) is 8.77. The molecule has 0 unspecified atom stereocenters. The van der Waals surface area contributed by atoms with Crippen molar-refractivity contribution in [2.24, 2.45) is 0 Å². The third kappa shape index (κ3) is 6.00. The van der Waals surface area contributed by atoms with Crippen LogP contribution < -0.4 is 5.32 Å². The van der Waals surface area contributed by atoms with E-state index < -0.39 is 0 Å². The van der Waals surface area contributed by atoms with Crippen LogP contribution in [0.1, 0.15) is 43.1 Å². The van der Waals surface area contributed by atoms with Crippen molar-refractivity contribution in [2.75, 3.05) is 0 Å². The van der Waals surface area contributed by atoms with Gasteiger partial charge >= 0.3 is 0 Å². The molecule has 0 saturated heterocycles. The number of halogens is 2. The van der Waals surface area contributed by atoms with Crippen LogP contribution in [-0.4, -0.2) is 20.7 Å². The van der Waals surface area contributed by atoms with E-state index in [1.165, 1.54) is 11.1 Å². The summed E-state index contributed by atoms with van der Waals surface area (Å²) < 4.78 is 1.87. The number of nitrogens with zero attached hydrogens (tertiary/aromatic N) is 3. The van der Waals surface area contributed by atoms with Crippen LogP contribution in [0.4, 0.5) is 0 Å². The van der Waals surface area contributed by atoms with Crippen molar-refractivity contribution in [3.63, 3.8) is 0 Å². The fourth-order valence-corrected chi connectivity index (χ4v) is 4.24. The topological polar surface area (TPSA) is 59.8 Å². The molecule has 0 bridgehead atoms. The smallest absolute Gasteiger partial charge is 0.220 e. The molecular weight excluding hydrogens is 439 g/mol. The molecule has 1 N–H and O–H groups in total. The maximum Gasteiger partial charge on any atom is 0.220 e. The molecule has 0 atom stereocenters. The first-order valence-electron chi connectivity index (χ1n) is 9.82. The molecule has 1 heterocycles. The Hall–Kier alpha value is -2.02. The van der Waals surface area contributed by atoms with Crippen LogP contribution in [0.15, 0.2) is 47.6 Å². The van der Waals surface area contributed by atoms with E-state index in [4.69, 9.17) is 23.2 Å². The summed E-state index contributed by atoms with van der Waals surface area (Å²) in [6.45, 7) is 4.40. The quantitative estimate of drug-likeness (QED) is 0.397. The van der Waals surface area contributed by atoms with E-state index in [2.05, 4.69) is 47.6 Å². The minimum Gasteiger partial charge on any atom is -0.349 e. The van der Waals surface area contributed by atoms with Crippen molar-refractivity contribution in [1.29, 1.82) is 0 Å². The normalized spacial score (nSPS) is 10.9. The molecule has 3 rings (SSSR count). The van der Waals surface area contributed by atoms with Crippen LogP contribution in [0.5, 0.6) is 0 Å². The lowest BCUT2D eigenvalue weighted by Crippen LogP contribution is -2.24. The SMILES string of the molecule is CCCCC(=O)NCc1nnc(SCc2cccc(C)c2)n1-c1cc(Cl)ccc1Cl. The minimum atomic E-state index is -0.00226. The lowest BCUT2D eigenvalue weighted by atomic mass is 10.2. The summed E-state index contributed by atoms with van der Waals surface area (Å²) in [5.41, 5.74) is 3.10. The standard InChI is InChI=1S/C22H24Cl2N4OS/c1-3-4-8-21(29)25-13-20-26-27-22(30-14-16-7-5-6-15(2)11-16)28(20)19-12-17(23)9-10-18(19)24/h5-7,9-12H,3-4,8,13-14H2,1-2H3,(H,25,29). The van der Waals surface area contributed by atoms with E-state index in [9.17, 15) is 4.79 Å². The lowest BCUT2D eigenvalue weighted by molar-refractivity contribution is -0.121. The van der Waals surface area contributed by atoms with Gasteiger partial charge in [0.2, 0.25) is 5.91 Å². The van der Waals surface area contributed by atoms with Crippen LogP contribution in [-0.2, 0) is 17.1 Å². The van der Waals surface area contributed by atoms with Crippen molar-refractivity contribution >= 4 is 40.9 Å². The van der Waals surface area contributed by atoms with Gasteiger partial charge in [-0.3, -0.25) is 9.36 Å². The molecule has 0 aliphatic carbocycles. The first-order valence-corrected chi connectivity index (χ1v) is 11.6. The highest BCUT2D eigenvalue weighted by molar-refractivity contribution is 7.98. The number of carbonyl (C=O) groups is 1. The van der Waals surface area contributed by atoms with Gasteiger partial charge in [0, 0.05) is 17.2 Å². The summed E-state index contributed by atoms with van der Waals surface area (Å²) in [5, 5.41) is 13.4. The number of carbonyl (C=O) groups excluding carboxylic acids is 1. The molecular formula is C22H24Cl2N4OS. The molecule has 1 aromatic heterocycles. The van der Waals surface area contributed by atoms with Crippen molar-refractivity contribution in [3.8, 4) is 5.69 Å². The van der Waals surface area contributed by atoms with Gasteiger partial charge in [0.1, 0.15) is 0 Å². The second-order valence-electron chi connectivity index (χ2n) is 6.99. The zero-order valence-electron chi connectivity index (χ0n) is 17.0. The van der Waals surface area contributed by atoms with Crippen LogP contribution >= 0.6 is 35.0 Å². The highest BCUT2D eigenvalue weighted by atomic mass is 35.5. The van der Waals surface area contributed by atoms with Gasteiger partial charge in [-0.15, -0.1) is 10.2 Å². The van der Waals surface area contributed by atoms with Crippen LogP contribution in [0.2, 0.25) is 10.0 Å². The molecule has 5 nitrogen and oxygen atoms in total. The number of hydrogen-bond donors (Lipinski definition) is 1. The molecule has 8 heteroatoms. The Labute approximate surface area is 191 Å². The Bertz CT molecular complexity index is 1020. The van der Waals surface area contributed by atoms with E-state index in [0.717, 1.165) is 18.6 Å². The fourth-order valence-electron chi connectivity index (χ4n) is 2.96. The fraction of sp³-hybridized carbons (Fsp3) is 0.318. The molecule has 0 aliphatic rings. The van der Waals surface area contributed by atoms with Crippen molar-refractivity contribution in [1.82, 2.24) is 20.1 Å². The maximum atomic E-state index is 12.1. The summed E-state index contributed by atoms with van der Waals surface area (Å²) in [5.74, 6) is 1.34. The average molecular weight is 463 g/mol. The molecule has 0 aliphatic heterocycles. The summed E-state index contributed by atoms with van der Waals surface area (Å²) in [4.78, 5) is 12.1. The third-order valence-corrected chi connectivity index (χ3v) is 6.06. The second kappa shape index (κ2) is 10.8. The number of rotatable bonds is 9. The monoisotopic (exact) mass is 462 g/mol. The van der Waals surface area contributed by atoms with E-state index in [1.54, 1.807) is 30.0 Å². The number of unbranched alkanes of at least 4 members (excludes halogenated alkanes) is 1. The molecule has 0 fully saturated rings. The van der Waals surface area contributed by atoms with Gasteiger partial charge in [-0.2, -0.15) is 0 Å². The van der Waals surface area contributed by atoms with E-state index in [0.29, 0.717) is 33.1 Å². The van der Waals surface area contributed by atoms with Crippen molar-refractivity contribution in [3.05, 3.63) is 69.5 Å². The highest BCUT2D eigenvalue weighted by Gasteiger charge is 2.18. The summed E-state index contributed by atoms with van der Waals surface area (Å²) in [6, 6.07) is 13.6. The van der Waals surface area contributed by atoms with Crippen LogP contribution in [0, 0.1) is 6.92 Å². The number of amides is 1. The number of benzene rings is 2.